The number of hydrogen-bond acceptors (Lipinski definition) is 7. The molecule has 8 nitrogen and oxygen atoms in total. The van der Waals surface area contributed by atoms with Gasteiger partial charge in [0.15, 0.2) is 15.9 Å². The predicted octanol–water partition coefficient (Wildman–Crippen LogP) is -1.23. The topological polar surface area (TPSA) is 105 Å². The van der Waals surface area contributed by atoms with Gasteiger partial charge in [-0.15, -0.1) is 10.1 Å². The smallest absolute Gasteiger partial charge is 0.294 e. The van der Waals surface area contributed by atoms with E-state index in [1.54, 1.807) is 0 Å². The molecule has 0 aromatic rings. The molecular weight excluding hydrogens is 242 g/mol. The molecule has 2 heterocycles. The van der Waals surface area contributed by atoms with Crippen molar-refractivity contribution >= 4 is 9.84 Å². The molecule has 0 aliphatic carbocycles. The summed E-state index contributed by atoms with van der Waals surface area (Å²) in [7, 11) is -3.28. The van der Waals surface area contributed by atoms with Crippen LogP contribution in [0.25, 0.3) is 0 Å². The normalized spacial score (nSPS) is 38.3. The van der Waals surface area contributed by atoms with Crippen molar-refractivity contribution in [1.82, 2.24) is 0 Å². The first-order valence-electron chi connectivity index (χ1n) is 4.63. The van der Waals surface area contributed by atoms with Gasteiger partial charge in [0, 0.05) is 6.26 Å². The van der Waals surface area contributed by atoms with Crippen LogP contribution in [0.3, 0.4) is 0 Å². The minimum atomic E-state index is -3.28. The molecule has 0 N–H and O–H groups in total. The Bertz CT molecular complexity index is 394. The average Bonchev–Trinajstić information content (AvgIpc) is 2.65. The van der Waals surface area contributed by atoms with Gasteiger partial charge in [-0.3, -0.25) is 0 Å². The van der Waals surface area contributed by atoms with E-state index in [0.29, 0.717) is 0 Å². The van der Waals surface area contributed by atoms with Crippen LogP contribution in [0.1, 0.15) is 0 Å². The van der Waals surface area contributed by atoms with E-state index in [1.165, 1.54) is 0 Å². The number of nitrogens with zero attached hydrogens (tertiary/aromatic N) is 1. The third kappa shape index (κ3) is 1.97. The maximum absolute atomic E-state index is 11.4. The highest BCUT2D eigenvalue weighted by atomic mass is 32.2. The fourth-order valence-electron chi connectivity index (χ4n) is 2.00. The summed E-state index contributed by atoms with van der Waals surface area (Å²) in [6.45, 7) is -0.0337. The van der Waals surface area contributed by atoms with Crippen LogP contribution < -0.4 is 0 Å². The molecule has 2 rings (SSSR count). The number of fused-ring (bicyclic) bond motifs is 1. The molecule has 0 bridgehead atoms. The van der Waals surface area contributed by atoms with E-state index in [-0.39, 0.29) is 13.2 Å². The van der Waals surface area contributed by atoms with Crippen LogP contribution >= 0.6 is 0 Å². The highest BCUT2D eigenvalue weighted by Crippen LogP contribution is 2.31. The molecule has 0 aromatic heterocycles. The predicted molar refractivity (Wildman–Crippen MR) is 50.0 cm³/mol. The lowest BCUT2D eigenvalue weighted by molar-refractivity contribution is -0.769. The lowest BCUT2D eigenvalue weighted by atomic mass is 10.1. The second-order valence-corrected chi connectivity index (χ2v) is 6.10. The second-order valence-electron chi connectivity index (χ2n) is 3.83. The third-order valence-electron chi connectivity index (χ3n) is 2.73. The second kappa shape index (κ2) is 3.82. The molecule has 0 saturated carbocycles. The molecule has 4 unspecified atom stereocenters. The summed E-state index contributed by atoms with van der Waals surface area (Å²) < 4.78 is 33.1. The Hall–Kier alpha value is -0.930. The Morgan fingerprint density at radius 3 is 2.50 bits per heavy atom. The number of sulfone groups is 1. The molecule has 2 aliphatic rings. The molecule has 0 amide bonds. The minimum Gasteiger partial charge on any atom is -0.372 e. The third-order valence-corrected chi connectivity index (χ3v) is 4.24. The van der Waals surface area contributed by atoms with Gasteiger partial charge in [0.2, 0.25) is 0 Å². The van der Waals surface area contributed by atoms with Crippen LogP contribution in [-0.4, -0.2) is 56.5 Å². The molecular formula is C7H11NO7S. The summed E-state index contributed by atoms with van der Waals surface area (Å²) in [5, 5.41) is 8.49. The van der Waals surface area contributed by atoms with Crippen molar-refractivity contribution in [3.8, 4) is 0 Å². The summed E-state index contributed by atoms with van der Waals surface area (Å²) in [5.74, 6) is 0. The average molecular weight is 253 g/mol. The zero-order valence-electron chi connectivity index (χ0n) is 8.44. The standard InChI is InChI=1S/C7H11NO7S/c1-16(11,12)5-3-14-6-4(15-8(9)10)2-13-7(5)6/h4-7H,2-3H2,1H3. The van der Waals surface area contributed by atoms with Crippen molar-refractivity contribution in [1.29, 1.82) is 0 Å². The van der Waals surface area contributed by atoms with Crippen LogP contribution in [0.2, 0.25) is 0 Å². The Labute approximate surface area is 91.5 Å². The van der Waals surface area contributed by atoms with Gasteiger partial charge in [-0.05, 0) is 0 Å². The summed E-state index contributed by atoms with van der Waals surface area (Å²) in [4.78, 5) is 14.5. The number of rotatable bonds is 3. The molecule has 92 valence electrons. The van der Waals surface area contributed by atoms with Crippen molar-refractivity contribution < 1.29 is 27.8 Å². The zero-order chi connectivity index (χ0) is 11.9. The zero-order valence-corrected chi connectivity index (χ0v) is 9.25. The monoisotopic (exact) mass is 253 g/mol. The van der Waals surface area contributed by atoms with Gasteiger partial charge in [-0.1, -0.05) is 0 Å². The van der Waals surface area contributed by atoms with E-state index in [0.717, 1.165) is 6.26 Å². The van der Waals surface area contributed by atoms with Gasteiger partial charge in [-0.2, -0.15) is 0 Å². The summed E-state index contributed by atoms with van der Waals surface area (Å²) >= 11 is 0. The van der Waals surface area contributed by atoms with E-state index < -0.39 is 38.5 Å². The minimum absolute atomic E-state index is 0.00819. The molecule has 16 heavy (non-hydrogen) atoms. The molecule has 4 atom stereocenters. The number of ether oxygens (including phenoxy) is 2. The Morgan fingerprint density at radius 2 is 1.94 bits per heavy atom. The van der Waals surface area contributed by atoms with Crippen molar-refractivity contribution in [2.24, 2.45) is 0 Å². The first kappa shape index (κ1) is 11.6. The van der Waals surface area contributed by atoms with Crippen LogP contribution in [0, 0.1) is 10.1 Å². The highest BCUT2D eigenvalue weighted by molar-refractivity contribution is 7.91. The van der Waals surface area contributed by atoms with Crippen LogP contribution in [0.4, 0.5) is 0 Å². The molecule has 9 heteroatoms. The van der Waals surface area contributed by atoms with Gasteiger partial charge in [0.1, 0.15) is 17.5 Å². The van der Waals surface area contributed by atoms with Gasteiger partial charge >= 0.3 is 0 Å². The van der Waals surface area contributed by atoms with Crippen molar-refractivity contribution in [2.75, 3.05) is 19.5 Å². The fourth-order valence-corrected chi connectivity index (χ4v) is 3.04. The van der Waals surface area contributed by atoms with Crippen molar-refractivity contribution in [3.05, 3.63) is 10.1 Å². The van der Waals surface area contributed by atoms with Gasteiger partial charge in [-0.25, -0.2) is 8.42 Å². The Morgan fingerprint density at radius 1 is 1.31 bits per heavy atom. The van der Waals surface area contributed by atoms with E-state index in [9.17, 15) is 18.5 Å². The van der Waals surface area contributed by atoms with E-state index in [4.69, 9.17) is 9.47 Å². The Balaban J connectivity index is 2.09. The van der Waals surface area contributed by atoms with Crippen LogP contribution in [-0.2, 0) is 24.1 Å². The van der Waals surface area contributed by atoms with Crippen LogP contribution in [0.15, 0.2) is 0 Å². The molecule has 2 fully saturated rings. The van der Waals surface area contributed by atoms with E-state index >= 15 is 0 Å². The first-order valence-corrected chi connectivity index (χ1v) is 6.58. The van der Waals surface area contributed by atoms with E-state index in [2.05, 4.69) is 4.84 Å². The SMILES string of the molecule is CS(=O)(=O)C1COC2C(O[N+](=O)[O-])COC21. The van der Waals surface area contributed by atoms with Crippen molar-refractivity contribution in [3.63, 3.8) is 0 Å². The number of hydrogen-bond donors (Lipinski definition) is 0. The quantitative estimate of drug-likeness (QED) is 0.458. The largest absolute Gasteiger partial charge is 0.372 e. The Kier molecular flexibility index (Phi) is 2.76. The summed E-state index contributed by atoms with van der Waals surface area (Å²) in [5.41, 5.74) is 0. The highest BCUT2D eigenvalue weighted by Gasteiger charge is 2.52. The summed E-state index contributed by atoms with van der Waals surface area (Å²) in [6, 6.07) is 0. The fraction of sp³-hybridized carbons (Fsp3) is 1.00. The molecule has 2 aliphatic heterocycles. The summed E-state index contributed by atoms with van der Waals surface area (Å²) in [6.07, 6.45) is -1.09. The van der Waals surface area contributed by atoms with E-state index in [1.807, 2.05) is 0 Å². The first-order chi connectivity index (χ1) is 7.39. The lowest BCUT2D eigenvalue weighted by Gasteiger charge is -2.14. The molecule has 2 saturated heterocycles. The maximum atomic E-state index is 11.4. The van der Waals surface area contributed by atoms with Crippen molar-refractivity contribution in [2.45, 2.75) is 23.6 Å². The van der Waals surface area contributed by atoms with Gasteiger partial charge in [0.25, 0.3) is 5.09 Å². The molecule has 0 radical (unpaired) electrons. The van der Waals surface area contributed by atoms with Gasteiger partial charge < -0.3 is 14.3 Å². The molecule has 0 spiro atoms. The lowest BCUT2D eigenvalue weighted by Crippen LogP contribution is -2.37. The van der Waals surface area contributed by atoms with Crippen LogP contribution in [0.5, 0.6) is 0 Å². The maximum Gasteiger partial charge on any atom is 0.294 e. The van der Waals surface area contributed by atoms with Gasteiger partial charge in [0.05, 0.1) is 13.2 Å². The molecule has 0 aromatic carbocycles.